The third kappa shape index (κ3) is 3.32. The van der Waals surface area contributed by atoms with Gasteiger partial charge in [0.05, 0.1) is 12.2 Å². The van der Waals surface area contributed by atoms with E-state index in [1.54, 1.807) is 0 Å². The van der Waals surface area contributed by atoms with Gasteiger partial charge in [0.25, 0.3) is 0 Å². The zero-order valence-corrected chi connectivity index (χ0v) is 12.5. The van der Waals surface area contributed by atoms with Crippen LogP contribution >= 0.6 is 11.3 Å². The van der Waals surface area contributed by atoms with Crippen LogP contribution in [-0.2, 0) is 6.42 Å². The van der Waals surface area contributed by atoms with Gasteiger partial charge in [0, 0.05) is 18.0 Å². The minimum Gasteiger partial charge on any atom is -0.485 e. The van der Waals surface area contributed by atoms with Crippen LogP contribution in [0.4, 0.5) is 5.69 Å². The zero-order valence-electron chi connectivity index (χ0n) is 11.7. The smallest absolute Gasteiger partial charge is 0.142 e. The SMILES string of the molecule is CN(CCc1cccs1)CC1CNc2ccccc2O1. The highest BCUT2D eigenvalue weighted by Crippen LogP contribution is 2.28. The van der Waals surface area contributed by atoms with Crippen LogP contribution in [0.3, 0.4) is 0 Å². The molecule has 1 atom stereocenters. The molecule has 0 saturated carbocycles. The van der Waals surface area contributed by atoms with Gasteiger partial charge in [-0.25, -0.2) is 0 Å². The molecule has 0 aliphatic carbocycles. The fourth-order valence-corrected chi connectivity index (χ4v) is 3.16. The number of hydrogen-bond donors (Lipinski definition) is 1. The summed E-state index contributed by atoms with van der Waals surface area (Å²) in [6, 6.07) is 12.5. The fourth-order valence-electron chi connectivity index (χ4n) is 2.46. The van der Waals surface area contributed by atoms with Crippen LogP contribution in [0.2, 0.25) is 0 Å². The van der Waals surface area contributed by atoms with Gasteiger partial charge in [-0.1, -0.05) is 18.2 Å². The quantitative estimate of drug-likeness (QED) is 0.915. The Morgan fingerprint density at radius 1 is 1.30 bits per heavy atom. The number of rotatable bonds is 5. The molecule has 1 N–H and O–H groups in total. The molecule has 0 saturated heterocycles. The van der Waals surface area contributed by atoms with Gasteiger partial charge in [-0.2, -0.15) is 0 Å². The van der Waals surface area contributed by atoms with Crippen molar-refractivity contribution in [1.29, 1.82) is 0 Å². The van der Waals surface area contributed by atoms with E-state index in [-0.39, 0.29) is 6.10 Å². The summed E-state index contributed by atoms with van der Waals surface area (Å²) in [6.45, 7) is 2.90. The number of nitrogens with zero attached hydrogens (tertiary/aromatic N) is 1. The van der Waals surface area contributed by atoms with Crippen molar-refractivity contribution in [1.82, 2.24) is 4.90 Å². The van der Waals surface area contributed by atoms with Gasteiger partial charge in [0.1, 0.15) is 11.9 Å². The zero-order chi connectivity index (χ0) is 13.8. The Balaban J connectivity index is 1.49. The van der Waals surface area contributed by atoms with Crippen LogP contribution in [0.25, 0.3) is 0 Å². The Bertz CT molecular complexity index is 541. The molecule has 3 rings (SSSR count). The van der Waals surface area contributed by atoms with Gasteiger partial charge < -0.3 is 15.0 Å². The molecule has 1 aliphatic rings. The van der Waals surface area contributed by atoms with Gasteiger partial charge in [-0.05, 0) is 37.0 Å². The molecule has 0 amide bonds. The number of benzene rings is 1. The highest BCUT2D eigenvalue weighted by molar-refractivity contribution is 7.09. The molecule has 0 spiro atoms. The first-order valence-corrected chi connectivity index (χ1v) is 7.90. The van der Waals surface area contributed by atoms with Crippen molar-refractivity contribution in [2.45, 2.75) is 12.5 Å². The number of likely N-dealkylation sites (N-methyl/N-ethyl adjacent to an activating group) is 1. The summed E-state index contributed by atoms with van der Waals surface area (Å²) in [6.07, 6.45) is 1.34. The second kappa shape index (κ2) is 6.29. The number of ether oxygens (including phenoxy) is 1. The number of anilines is 1. The van der Waals surface area contributed by atoms with Crippen molar-refractivity contribution < 1.29 is 4.74 Å². The predicted octanol–water partition coefficient (Wildman–Crippen LogP) is 3.10. The predicted molar refractivity (Wildman–Crippen MR) is 84.9 cm³/mol. The van der Waals surface area contributed by atoms with Crippen molar-refractivity contribution in [2.24, 2.45) is 0 Å². The lowest BCUT2D eigenvalue weighted by Crippen LogP contribution is -2.40. The third-order valence-corrected chi connectivity index (χ3v) is 4.47. The van der Waals surface area contributed by atoms with E-state index in [4.69, 9.17) is 4.74 Å². The minimum absolute atomic E-state index is 0.221. The second-order valence-electron chi connectivity index (χ2n) is 5.21. The molecule has 0 bridgehead atoms. The average Bonchev–Trinajstić information content (AvgIpc) is 2.98. The molecular weight excluding hydrogens is 268 g/mol. The average molecular weight is 288 g/mol. The van der Waals surface area contributed by atoms with E-state index in [0.29, 0.717) is 0 Å². The molecule has 106 valence electrons. The van der Waals surface area contributed by atoms with Crippen LogP contribution in [0.15, 0.2) is 41.8 Å². The Kier molecular flexibility index (Phi) is 4.23. The highest BCUT2D eigenvalue weighted by Gasteiger charge is 2.19. The number of nitrogens with one attached hydrogen (secondary N) is 1. The number of thiophene rings is 1. The van der Waals surface area contributed by atoms with Crippen molar-refractivity contribution in [3.05, 3.63) is 46.7 Å². The summed E-state index contributed by atoms with van der Waals surface area (Å²) in [5.74, 6) is 0.968. The van der Waals surface area contributed by atoms with Crippen LogP contribution in [0.5, 0.6) is 5.75 Å². The molecule has 20 heavy (non-hydrogen) atoms. The van der Waals surface area contributed by atoms with Crippen LogP contribution in [-0.4, -0.2) is 37.7 Å². The second-order valence-corrected chi connectivity index (χ2v) is 6.24. The number of fused-ring (bicyclic) bond motifs is 1. The van der Waals surface area contributed by atoms with E-state index in [0.717, 1.165) is 37.5 Å². The lowest BCUT2D eigenvalue weighted by Gasteiger charge is -2.30. The van der Waals surface area contributed by atoms with Gasteiger partial charge in [-0.3, -0.25) is 0 Å². The maximum absolute atomic E-state index is 6.04. The number of hydrogen-bond acceptors (Lipinski definition) is 4. The van der Waals surface area contributed by atoms with Crippen LogP contribution < -0.4 is 10.1 Å². The first-order chi connectivity index (χ1) is 9.81. The van der Waals surface area contributed by atoms with Gasteiger partial charge in [0.2, 0.25) is 0 Å². The highest BCUT2D eigenvalue weighted by atomic mass is 32.1. The summed E-state index contributed by atoms with van der Waals surface area (Å²) in [4.78, 5) is 3.80. The number of para-hydroxylation sites is 2. The first kappa shape index (κ1) is 13.5. The van der Waals surface area contributed by atoms with Crippen LogP contribution in [0.1, 0.15) is 4.88 Å². The monoisotopic (exact) mass is 288 g/mol. The standard InChI is InChI=1S/C16H20N2OS/c1-18(9-8-14-5-4-10-20-14)12-13-11-17-15-6-2-3-7-16(15)19-13/h2-7,10,13,17H,8-9,11-12H2,1H3. The van der Waals surface area contributed by atoms with Crippen molar-refractivity contribution in [3.8, 4) is 5.75 Å². The molecule has 1 unspecified atom stereocenters. The third-order valence-electron chi connectivity index (χ3n) is 3.54. The van der Waals surface area contributed by atoms with Crippen molar-refractivity contribution in [3.63, 3.8) is 0 Å². The Morgan fingerprint density at radius 2 is 2.20 bits per heavy atom. The van der Waals surface area contributed by atoms with E-state index in [2.05, 4.69) is 40.8 Å². The fraction of sp³-hybridized carbons (Fsp3) is 0.375. The Labute approximate surface area is 124 Å². The van der Waals surface area contributed by atoms with Gasteiger partial charge >= 0.3 is 0 Å². The van der Waals surface area contributed by atoms with Crippen LogP contribution in [0, 0.1) is 0 Å². The van der Waals surface area contributed by atoms with Gasteiger partial charge in [0.15, 0.2) is 0 Å². The summed E-state index contributed by atoms with van der Waals surface area (Å²) in [5.41, 5.74) is 1.10. The van der Waals surface area contributed by atoms with E-state index in [1.165, 1.54) is 4.88 Å². The minimum atomic E-state index is 0.221. The normalized spacial score (nSPS) is 17.4. The Hall–Kier alpha value is -1.52. The summed E-state index contributed by atoms with van der Waals surface area (Å²) < 4.78 is 6.04. The maximum Gasteiger partial charge on any atom is 0.142 e. The molecule has 4 heteroatoms. The topological polar surface area (TPSA) is 24.5 Å². The largest absolute Gasteiger partial charge is 0.485 e. The van der Waals surface area contributed by atoms with Crippen molar-refractivity contribution >= 4 is 17.0 Å². The van der Waals surface area contributed by atoms with E-state index in [9.17, 15) is 0 Å². The molecule has 3 nitrogen and oxygen atoms in total. The van der Waals surface area contributed by atoms with E-state index < -0.39 is 0 Å². The summed E-state index contributed by atoms with van der Waals surface area (Å²) >= 11 is 1.83. The molecule has 1 aromatic heterocycles. The maximum atomic E-state index is 6.04. The molecule has 1 aromatic carbocycles. The molecular formula is C16H20N2OS. The molecule has 2 heterocycles. The molecule has 2 aromatic rings. The van der Waals surface area contributed by atoms with Crippen molar-refractivity contribution in [2.75, 3.05) is 32.0 Å². The van der Waals surface area contributed by atoms with E-state index >= 15 is 0 Å². The Morgan fingerprint density at radius 3 is 3.05 bits per heavy atom. The molecule has 0 fully saturated rings. The summed E-state index contributed by atoms with van der Waals surface area (Å²) in [7, 11) is 2.16. The first-order valence-electron chi connectivity index (χ1n) is 7.02. The molecule has 0 radical (unpaired) electrons. The molecule has 1 aliphatic heterocycles. The lowest BCUT2D eigenvalue weighted by molar-refractivity contribution is 0.152. The van der Waals surface area contributed by atoms with E-state index in [1.807, 2.05) is 29.5 Å². The van der Waals surface area contributed by atoms with Gasteiger partial charge in [-0.15, -0.1) is 11.3 Å². The summed E-state index contributed by atoms with van der Waals surface area (Å²) in [5, 5.41) is 5.58. The lowest BCUT2D eigenvalue weighted by atomic mass is 10.2.